The number of non-ortho nitro benzene ring substituents is 1. The minimum Gasteiger partial charge on any atom is -0.452 e. The molecule has 0 spiro atoms. The second-order valence-corrected chi connectivity index (χ2v) is 5.96. The molecule has 2 aromatic rings. The van der Waals surface area contributed by atoms with E-state index in [2.05, 4.69) is 15.4 Å². The Balaban J connectivity index is 1.73. The number of amides is 2. The first-order chi connectivity index (χ1) is 13.4. The van der Waals surface area contributed by atoms with Crippen molar-refractivity contribution in [2.24, 2.45) is 0 Å². The van der Waals surface area contributed by atoms with Crippen molar-refractivity contribution in [3.63, 3.8) is 0 Å². The maximum absolute atomic E-state index is 12.0. The molecule has 0 saturated heterocycles. The maximum atomic E-state index is 12.0. The number of nitrogens with one attached hydrogen (secondary N) is 2. The molecule has 0 aliphatic rings. The Kier molecular flexibility index (Phi) is 7.32. The molecule has 0 fully saturated rings. The van der Waals surface area contributed by atoms with E-state index in [-0.39, 0.29) is 11.6 Å². The number of hydrogen-bond donors (Lipinski definition) is 2. The Bertz CT molecular complexity index is 821. The van der Waals surface area contributed by atoms with Gasteiger partial charge in [-0.2, -0.15) is 0 Å². The van der Waals surface area contributed by atoms with Gasteiger partial charge in [-0.3, -0.25) is 19.8 Å². The maximum Gasteiger partial charge on any atom is 0.413 e. The molecule has 2 amide bonds. The van der Waals surface area contributed by atoms with Crippen molar-refractivity contribution in [1.82, 2.24) is 0 Å². The highest BCUT2D eigenvalue weighted by Crippen LogP contribution is 2.18. The summed E-state index contributed by atoms with van der Waals surface area (Å²) in [5, 5.41) is 16.5. The fourth-order valence-corrected chi connectivity index (χ4v) is 2.42. The quantitative estimate of drug-likeness (QED) is 0.407. The van der Waals surface area contributed by atoms with Crippen LogP contribution < -0.4 is 15.5 Å². The third kappa shape index (κ3) is 5.97. The second-order valence-electron chi connectivity index (χ2n) is 5.96. The van der Waals surface area contributed by atoms with Gasteiger partial charge in [-0.25, -0.2) is 4.79 Å². The lowest BCUT2D eigenvalue weighted by atomic mass is 10.2. The Morgan fingerprint density at radius 3 is 2.25 bits per heavy atom. The van der Waals surface area contributed by atoms with E-state index >= 15 is 0 Å². The number of methoxy groups -OCH3 is 1. The van der Waals surface area contributed by atoms with Gasteiger partial charge in [0.15, 0.2) is 0 Å². The zero-order chi connectivity index (χ0) is 20.5. The van der Waals surface area contributed by atoms with Gasteiger partial charge in [0.2, 0.25) is 5.91 Å². The number of rotatable bonds is 8. The van der Waals surface area contributed by atoms with Crippen LogP contribution in [-0.2, 0) is 9.53 Å². The van der Waals surface area contributed by atoms with Crippen LogP contribution in [0.1, 0.15) is 12.8 Å². The van der Waals surface area contributed by atoms with Crippen LogP contribution >= 0.6 is 0 Å². The van der Waals surface area contributed by atoms with Crippen molar-refractivity contribution >= 4 is 34.7 Å². The molecular weight excluding hydrogens is 364 g/mol. The molecule has 0 aliphatic heterocycles. The normalized spacial score (nSPS) is 10.1. The van der Waals surface area contributed by atoms with E-state index in [9.17, 15) is 19.7 Å². The highest BCUT2D eigenvalue weighted by molar-refractivity contribution is 5.91. The number of carbonyl (C=O) groups excluding carboxylic acids is 2. The van der Waals surface area contributed by atoms with Gasteiger partial charge in [0.05, 0.1) is 12.0 Å². The van der Waals surface area contributed by atoms with E-state index in [4.69, 9.17) is 0 Å². The number of nitrogens with zero attached hydrogens (tertiary/aromatic N) is 2. The lowest BCUT2D eigenvalue weighted by molar-refractivity contribution is -0.384. The molecule has 0 atom stereocenters. The molecule has 28 heavy (non-hydrogen) atoms. The highest BCUT2D eigenvalue weighted by atomic mass is 16.6. The second kappa shape index (κ2) is 9.91. The van der Waals surface area contributed by atoms with E-state index in [1.807, 2.05) is 0 Å². The van der Waals surface area contributed by atoms with E-state index in [1.165, 1.54) is 24.1 Å². The number of nitro benzene ring substituents is 1. The molecule has 148 valence electrons. The van der Waals surface area contributed by atoms with Gasteiger partial charge in [-0.05, 0) is 42.8 Å². The summed E-state index contributed by atoms with van der Waals surface area (Å²) in [6.07, 6.45) is 0.452. The van der Waals surface area contributed by atoms with Gasteiger partial charge in [0, 0.05) is 49.2 Å². The van der Waals surface area contributed by atoms with Gasteiger partial charge < -0.3 is 15.4 Å². The molecule has 9 heteroatoms. The predicted octanol–water partition coefficient (Wildman–Crippen LogP) is 3.63. The molecule has 0 aliphatic carbocycles. The van der Waals surface area contributed by atoms with E-state index in [0.717, 1.165) is 5.69 Å². The van der Waals surface area contributed by atoms with Crippen molar-refractivity contribution in [2.45, 2.75) is 12.8 Å². The van der Waals surface area contributed by atoms with Crippen molar-refractivity contribution in [1.29, 1.82) is 0 Å². The van der Waals surface area contributed by atoms with Crippen molar-refractivity contribution < 1.29 is 19.2 Å². The van der Waals surface area contributed by atoms with Gasteiger partial charge in [-0.15, -0.1) is 0 Å². The number of nitro groups is 1. The molecule has 0 saturated carbocycles. The van der Waals surface area contributed by atoms with Crippen LogP contribution in [-0.4, -0.2) is 37.6 Å². The monoisotopic (exact) mass is 386 g/mol. The van der Waals surface area contributed by atoms with Crippen LogP contribution in [0.5, 0.6) is 0 Å². The van der Waals surface area contributed by atoms with Crippen LogP contribution in [0, 0.1) is 10.1 Å². The summed E-state index contributed by atoms with van der Waals surface area (Å²) in [5.41, 5.74) is 2.08. The number of anilines is 3. The minimum atomic E-state index is -0.475. The van der Waals surface area contributed by atoms with E-state index in [0.29, 0.717) is 30.8 Å². The molecular formula is C19H22N4O5. The summed E-state index contributed by atoms with van der Waals surface area (Å²) in [7, 11) is 2.90. The summed E-state index contributed by atoms with van der Waals surface area (Å²) in [4.78, 5) is 35.0. The van der Waals surface area contributed by atoms with Crippen LogP contribution in [0.15, 0.2) is 48.5 Å². The van der Waals surface area contributed by atoms with Crippen LogP contribution in [0.2, 0.25) is 0 Å². The molecule has 0 heterocycles. The molecule has 0 bridgehead atoms. The standard InChI is InChI=1S/C19H22N4O5/c1-22(19(25)28-2)16-9-7-15(8-10-16)21-18(24)4-3-13-20-14-5-11-17(12-6-14)23(26)27/h5-12,20H,3-4,13H2,1-2H3,(H,21,24). The number of benzene rings is 2. The van der Waals surface area contributed by atoms with Crippen molar-refractivity contribution in [2.75, 3.05) is 36.2 Å². The number of ether oxygens (including phenoxy) is 1. The molecule has 0 aromatic heterocycles. The third-order valence-electron chi connectivity index (χ3n) is 3.97. The fourth-order valence-electron chi connectivity index (χ4n) is 2.42. The minimum absolute atomic E-state index is 0.0359. The van der Waals surface area contributed by atoms with Gasteiger partial charge in [0.1, 0.15) is 0 Å². The zero-order valence-electron chi connectivity index (χ0n) is 15.7. The average Bonchev–Trinajstić information content (AvgIpc) is 2.71. The Labute approximate surface area is 162 Å². The van der Waals surface area contributed by atoms with Gasteiger partial charge >= 0.3 is 6.09 Å². The lowest BCUT2D eigenvalue weighted by Crippen LogP contribution is -2.25. The van der Waals surface area contributed by atoms with E-state index < -0.39 is 11.0 Å². The SMILES string of the molecule is COC(=O)N(C)c1ccc(NC(=O)CCCNc2ccc([N+](=O)[O-])cc2)cc1. The Morgan fingerprint density at radius 1 is 1.07 bits per heavy atom. The molecule has 2 rings (SSSR count). The average molecular weight is 386 g/mol. The van der Waals surface area contributed by atoms with Crippen molar-refractivity contribution in [3.05, 3.63) is 58.6 Å². The summed E-state index contributed by atoms with van der Waals surface area (Å²) < 4.78 is 4.65. The van der Waals surface area contributed by atoms with Crippen LogP contribution in [0.3, 0.4) is 0 Å². The summed E-state index contributed by atoms with van der Waals surface area (Å²) in [5.74, 6) is -0.125. The number of carbonyl (C=O) groups is 2. The van der Waals surface area contributed by atoms with Crippen LogP contribution in [0.25, 0.3) is 0 Å². The summed E-state index contributed by atoms with van der Waals surface area (Å²) in [6, 6.07) is 13.0. The highest BCUT2D eigenvalue weighted by Gasteiger charge is 2.10. The van der Waals surface area contributed by atoms with E-state index in [1.54, 1.807) is 43.4 Å². The predicted molar refractivity (Wildman–Crippen MR) is 107 cm³/mol. The summed E-state index contributed by atoms with van der Waals surface area (Å²) >= 11 is 0. The molecule has 2 aromatic carbocycles. The largest absolute Gasteiger partial charge is 0.452 e. The Morgan fingerprint density at radius 2 is 1.68 bits per heavy atom. The molecule has 9 nitrogen and oxygen atoms in total. The third-order valence-corrected chi connectivity index (χ3v) is 3.97. The Hall–Kier alpha value is -3.62. The van der Waals surface area contributed by atoms with Crippen molar-refractivity contribution in [3.8, 4) is 0 Å². The van der Waals surface area contributed by atoms with Crippen LogP contribution in [0.4, 0.5) is 27.5 Å². The van der Waals surface area contributed by atoms with Gasteiger partial charge in [0.25, 0.3) is 5.69 Å². The summed E-state index contributed by atoms with van der Waals surface area (Å²) in [6.45, 7) is 0.564. The first kappa shape index (κ1) is 20.7. The van der Waals surface area contributed by atoms with Gasteiger partial charge in [-0.1, -0.05) is 0 Å². The number of hydrogen-bond acceptors (Lipinski definition) is 6. The first-order valence-corrected chi connectivity index (χ1v) is 8.60. The molecule has 2 N–H and O–H groups in total. The molecule has 0 radical (unpaired) electrons. The smallest absolute Gasteiger partial charge is 0.413 e. The first-order valence-electron chi connectivity index (χ1n) is 8.60. The zero-order valence-corrected chi connectivity index (χ0v) is 15.7. The topological polar surface area (TPSA) is 114 Å². The fraction of sp³-hybridized carbons (Fsp3) is 0.263. The molecule has 0 unspecified atom stereocenters. The lowest BCUT2D eigenvalue weighted by Gasteiger charge is -2.16.